The number of anilines is 1. The molecule has 5 nitrogen and oxygen atoms in total. The van der Waals surface area contributed by atoms with E-state index in [-0.39, 0.29) is 5.91 Å². The third kappa shape index (κ3) is 5.22. The van der Waals surface area contributed by atoms with Gasteiger partial charge in [-0.25, -0.2) is 0 Å². The first-order valence-electron chi connectivity index (χ1n) is 7.84. The highest BCUT2D eigenvalue weighted by Crippen LogP contribution is 2.16. The van der Waals surface area contributed by atoms with Gasteiger partial charge in [0.1, 0.15) is 5.75 Å². The number of aromatic nitrogens is 1. The molecule has 0 atom stereocenters. The number of aliphatic hydroxyl groups is 1. The Morgan fingerprint density at radius 2 is 1.84 bits per heavy atom. The van der Waals surface area contributed by atoms with E-state index in [9.17, 15) is 4.79 Å². The van der Waals surface area contributed by atoms with E-state index in [1.54, 1.807) is 25.3 Å². The van der Waals surface area contributed by atoms with Crippen molar-refractivity contribution in [2.24, 2.45) is 0 Å². The smallest absolute Gasteiger partial charge is 0.255 e. The van der Waals surface area contributed by atoms with Crippen LogP contribution in [-0.2, 0) is 6.54 Å². The Labute approximate surface area is 147 Å². The molecule has 25 heavy (non-hydrogen) atoms. The van der Waals surface area contributed by atoms with E-state index in [0.29, 0.717) is 11.3 Å². The van der Waals surface area contributed by atoms with Crippen molar-refractivity contribution >= 4 is 11.6 Å². The predicted molar refractivity (Wildman–Crippen MR) is 99.1 cm³/mol. The zero-order valence-electron chi connectivity index (χ0n) is 14.3. The molecule has 1 amide bonds. The molecular formula is C20H22N2O3. The lowest BCUT2D eigenvalue weighted by molar-refractivity contribution is 0.102. The van der Waals surface area contributed by atoms with Gasteiger partial charge in [0.15, 0.2) is 0 Å². The van der Waals surface area contributed by atoms with Crippen LogP contribution in [0.2, 0.25) is 0 Å². The Hall–Kier alpha value is -3.05. The van der Waals surface area contributed by atoms with Crippen LogP contribution in [0.3, 0.4) is 0 Å². The third-order valence-corrected chi connectivity index (χ3v) is 3.55. The van der Waals surface area contributed by atoms with Crippen LogP contribution < -0.4 is 10.1 Å². The topological polar surface area (TPSA) is 63.5 Å². The summed E-state index contributed by atoms with van der Waals surface area (Å²) in [6, 6.07) is 19.2. The number of rotatable bonds is 5. The minimum Gasteiger partial charge on any atom is -0.497 e. The molecule has 5 heteroatoms. The number of carbonyl (C=O) groups excluding carboxylic acids is 1. The Kier molecular flexibility index (Phi) is 6.80. The number of aliphatic hydroxyl groups excluding tert-OH is 1. The summed E-state index contributed by atoms with van der Waals surface area (Å²) in [7, 11) is 2.58. The average Bonchev–Trinajstić information content (AvgIpc) is 3.11. The van der Waals surface area contributed by atoms with Crippen molar-refractivity contribution in [2.45, 2.75) is 6.54 Å². The lowest BCUT2D eigenvalue weighted by atomic mass is 10.2. The molecule has 2 N–H and O–H groups in total. The molecule has 2 aromatic carbocycles. The third-order valence-electron chi connectivity index (χ3n) is 3.55. The maximum Gasteiger partial charge on any atom is 0.255 e. The highest BCUT2D eigenvalue weighted by Gasteiger charge is 2.08. The predicted octanol–water partition coefficient (Wildman–Crippen LogP) is 3.41. The van der Waals surface area contributed by atoms with Gasteiger partial charge in [-0.05, 0) is 29.8 Å². The molecule has 0 unspecified atom stereocenters. The normalized spacial score (nSPS) is 9.72. The first-order chi connectivity index (χ1) is 12.2. The lowest BCUT2D eigenvalue weighted by Crippen LogP contribution is -2.11. The average molecular weight is 338 g/mol. The van der Waals surface area contributed by atoms with E-state index in [1.165, 1.54) is 5.56 Å². The summed E-state index contributed by atoms with van der Waals surface area (Å²) in [6.07, 6.45) is 3.87. The molecule has 0 fully saturated rings. The highest BCUT2D eigenvalue weighted by molar-refractivity contribution is 6.04. The summed E-state index contributed by atoms with van der Waals surface area (Å²) >= 11 is 0. The number of nitrogens with one attached hydrogen (secondary N) is 1. The van der Waals surface area contributed by atoms with Crippen molar-refractivity contribution < 1.29 is 14.6 Å². The molecule has 0 saturated heterocycles. The quantitative estimate of drug-likeness (QED) is 0.749. The molecule has 1 heterocycles. The Bertz CT molecular complexity index is 797. The van der Waals surface area contributed by atoms with Gasteiger partial charge in [0.05, 0.1) is 12.8 Å². The van der Waals surface area contributed by atoms with Crippen molar-refractivity contribution in [3.63, 3.8) is 0 Å². The molecule has 0 spiro atoms. The van der Waals surface area contributed by atoms with Crippen molar-refractivity contribution in [3.05, 3.63) is 84.2 Å². The number of hydrogen-bond donors (Lipinski definition) is 2. The van der Waals surface area contributed by atoms with E-state index in [0.717, 1.165) is 19.3 Å². The molecule has 3 aromatic rings. The molecule has 0 aliphatic carbocycles. The van der Waals surface area contributed by atoms with Crippen LogP contribution in [0.1, 0.15) is 15.9 Å². The fraction of sp³-hybridized carbons (Fsp3) is 0.150. The summed E-state index contributed by atoms with van der Waals surface area (Å²) in [4.78, 5) is 12.3. The Balaban J connectivity index is 0.00000109. The highest BCUT2D eigenvalue weighted by atomic mass is 16.5. The molecule has 1 aromatic heterocycles. The van der Waals surface area contributed by atoms with E-state index >= 15 is 0 Å². The fourth-order valence-electron chi connectivity index (χ4n) is 2.37. The van der Waals surface area contributed by atoms with Gasteiger partial charge >= 0.3 is 0 Å². The summed E-state index contributed by atoms with van der Waals surface area (Å²) in [5.74, 6) is 0.514. The van der Waals surface area contributed by atoms with Gasteiger partial charge in [-0.1, -0.05) is 36.4 Å². The molecule has 3 rings (SSSR count). The number of ether oxygens (including phenoxy) is 1. The standard InChI is InChI=1S/C19H18N2O2.CH4O/c1-23-18-9-5-8-16(12-18)19(22)20-17-10-11-21(14-17)13-15-6-3-2-4-7-15;1-2/h2-12,14H,13H2,1H3,(H,20,22);2H,1H3. The number of nitrogens with zero attached hydrogens (tertiary/aromatic N) is 1. The van der Waals surface area contributed by atoms with Crippen LogP contribution in [0.5, 0.6) is 5.75 Å². The SMILES string of the molecule is CO.COc1cccc(C(=O)Nc2ccn(Cc3ccccc3)c2)c1. The van der Waals surface area contributed by atoms with Crippen LogP contribution in [0.4, 0.5) is 5.69 Å². The Morgan fingerprint density at radius 1 is 1.08 bits per heavy atom. The van der Waals surface area contributed by atoms with Crippen molar-refractivity contribution in [1.82, 2.24) is 4.57 Å². The maximum absolute atomic E-state index is 12.3. The molecule has 0 radical (unpaired) electrons. The van der Waals surface area contributed by atoms with E-state index in [4.69, 9.17) is 9.84 Å². The number of carbonyl (C=O) groups is 1. The van der Waals surface area contributed by atoms with Crippen LogP contribution in [0, 0.1) is 0 Å². The molecule has 0 bridgehead atoms. The number of benzene rings is 2. The van der Waals surface area contributed by atoms with Gasteiger partial charge in [-0.15, -0.1) is 0 Å². The molecule has 130 valence electrons. The summed E-state index contributed by atoms with van der Waals surface area (Å²) in [6.45, 7) is 0.774. The van der Waals surface area contributed by atoms with Crippen LogP contribution in [-0.4, -0.2) is 29.8 Å². The molecule has 0 aliphatic rings. The van der Waals surface area contributed by atoms with Crippen LogP contribution >= 0.6 is 0 Å². The van der Waals surface area contributed by atoms with Crippen molar-refractivity contribution in [1.29, 1.82) is 0 Å². The molecular weight excluding hydrogens is 316 g/mol. The summed E-state index contributed by atoms with van der Waals surface area (Å²) < 4.78 is 7.18. The van der Waals surface area contributed by atoms with Gasteiger partial charge < -0.3 is 19.7 Å². The minimum atomic E-state index is -0.152. The van der Waals surface area contributed by atoms with Gasteiger partial charge in [-0.3, -0.25) is 4.79 Å². The first-order valence-corrected chi connectivity index (χ1v) is 7.84. The van der Waals surface area contributed by atoms with Gasteiger partial charge in [0, 0.05) is 31.6 Å². The molecule has 0 aliphatic heterocycles. The first kappa shape index (κ1) is 18.3. The van der Waals surface area contributed by atoms with Gasteiger partial charge in [0.2, 0.25) is 0 Å². The minimum absolute atomic E-state index is 0.152. The Morgan fingerprint density at radius 3 is 2.56 bits per heavy atom. The lowest BCUT2D eigenvalue weighted by Gasteiger charge is -2.05. The summed E-state index contributed by atoms with van der Waals surface area (Å²) in [5, 5.41) is 9.90. The number of amides is 1. The molecule has 0 saturated carbocycles. The van der Waals surface area contributed by atoms with Crippen LogP contribution in [0.25, 0.3) is 0 Å². The number of methoxy groups -OCH3 is 1. The zero-order valence-corrected chi connectivity index (χ0v) is 14.3. The largest absolute Gasteiger partial charge is 0.497 e. The maximum atomic E-state index is 12.3. The zero-order chi connectivity index (χ0) is 18.1. The second-order valence-corrected chi connectivity index (χ2v) is 5.24. The van der Waals surface area contributed by atoms with Gasteiger partial charge in [0.25, 0.3) is 5.91 Å². The van der Waals surface area contributed by atoms with Crippen molar-refractivity contribution in [2.75, 3.05) is 19.5 Å². The number of hydrogen-bond acceptors (Lipinski definition) is 3. The monoisotopic (exact) mass is 338 g/mol. The second kappa shape index (κ2) is 9.30. The van der Waals surface area contributed by atoms with E-state index in [1.807, 2.05) is 47.3 Å². The van der Waals surface area contributed by atoms with Crippen molar-refractivity contribution in [3.8, 4) is 5.75 Å². The summed E-state index contributed by atoms with van der Waals surface area (Å²) in [5.41, 5.74) is 2.56. The van der Waals surface area contributed by atoms with Gasteiger partial charge in [-0.2, -0.15) is 0 Å². The van der Waals surface area contributed by atoms with E-state index in [2.05, 4.69) is 17.4 Å². The van der Waals surface area contributed by atoms with E-state index < -0.39 is 0 Å². The fourth-order valence-corrected chi connectivity index (χ4v) is 2.37. The second-order valence-electron chi connectivity index (χ2n) is 5.24. The van der Waals surface area contributed by atoms with Crippen LogP contribution in [0.15, 0.2) is 73.1 Å².